The molecule has 2 aliphatic rings. The average Bonchev–Trinajstić information content (AvgIpc) is 3.80. The summed E-state index contributed by atoms with van der Waals surface area (Å²) in [6.45, 7) is 12.1. The molecule has 0 radical (unpaired) electrons. The minimum Gasteiger partial charge on any atom is -0.444 e. The van der Waals surface area contributed by atoms with Crippen molar-refractivity contribution in [1.29, 1.82) is 5.41 Å². The number of carbonyl (C=O) groups excluding carboxylic acids is 1. The summed E-state index contributed by atoms with van der Waals surface area (Å²) in [5, 5.41) is 16.6. The molecule has 10 nitrogen and oxygen atoms in total. The van der Waals surface area contributed by atoms with E-state index in [0.29, 0.717) is 49.6 Å². The number of anilines is 3. The van der Waals surface area contributed by atoms with Crippen LogP contribution in [-0.4, -0.2) is 70.0 Å². The number of aromatic nitrogens is 3. The zero-order valence-electron chi connectivity index (χ0n) is 24.8. The predicted molar refractivity (Wildman–Crippen MR) is 164 cm³/mol. The maximum Gasteiger partial charge on any atom is 0.410 e. The van der Waals surface area contributed by atoms with Gasteiger partial charge in [-0.05, 0) is 70.6 Å². The highest BCUT2D eigenvalue weighted by molar-refractivity contribution is 5.89. The van der Waals surface area contributed by atoms with E-state index in [9.17, 15) is 4.79 Å². The number of nitrogens with one attached hydrogen (secondary N) is 3. The van der Waals surface area contributed by atoms with E-state index in [0.717, 1.165) is 41.4 Å². The van der Waals surface area contributed by atoms with Crippen LogP contribution >= 0.6 is 0 Å². The summed E-state index contributed by atoms with van der Waals surface area (Å²) in [6, 6.07) is 10.6. The van der Waals surface area contributed by atoms with Crippen LogP contribution in [0.5, 0.6) is 0 Å². The van der Waals surface area contributed by atoms with Crippen molar-refractivity contribution < 1.29 is 9.53 Å². The Labute approximate surface area is 242 Å². The fourth-order valence-electron chi connectivity index (χ4n) is 5.03. The van der Waals surface area contributed by atoms with Gasteiger partial charge in [0.25, 0.3) is 0 Å². The molecule has 1 saturated heterocycles. The van der Waals surface area contributed by atoms with E-state index in [2.05, 4.69) is 41.5 Å². The van der Waals surface area contributed by atoms with Gasteiger partial charge >= 0.3 is 6.09 Å². The highest BCUT2D eigenvalue weighted by atomic mass is 16.6. The lowest BCUT2D eigenvalue weighted by Gasteiger charge is -2.36. The Balaban J connectivity index is 1.44. The number of hydrogen-bond donors (Lipinski definition) is 3. The van der Waals surface area contributed by atoms with E-state index < -0.39 is 5.60 Å². The smallest absolute Gasteiger partial charge is 0.410 e. The molecule has 3 heterocycles. The molecule has 1 unspecified atom stereocenters. The number of benzene rings is 1. The highest BCUT2D eigenvalue weighted by Gasteiger charge is 2.34. The zero-order chi connectivity index (χ0) is 29.1. The zero-order valence-corrected chi connectivity index (χ0v) is 24.8. The molecule has 1 aliphatic heterocycles. The van der Waals surface area contributed by atoms with Gasteiger partial charge in [-0.15, -0.1) is 0 Å². The quantitative estimate of drug-likeness (QED) is 0.280. The second-order valence-electron chi connectivity index (χ2n) is 12.1. The van der Waals surface area contributed by atoms with Gasteiger partial charge in [0.05, 0.1) is 11.6 Å². The third-order valence-electron chi connectivity index (χ3n) is 7.64. The lowest BCUT2D eigenvalue weighted by Crippen LogP contribution is -2.50. The Morgan fingerprint density at radius 3 is 2.54 bits per heavy atom. The van der Waals surface area contributed by atoms with E-state index in [-0.39, 0.29) is 18.2 Å². The van der Waals surface area contributed by atoms with Gasteiger partial charge in [0, 0.05) is 50.0 Å². The van der Waals surface area contributed by atoms with Crippen LogP contribution in [0.4, 0.5) is 22.2 Å². The van der Waals surface area contributed by atoms with Crippen molar-refractivity contribution >= 4 is 40.7 Å². The largest absolute Gasteiger partial charge is 0.444 e. The molecule has 1 amide bonds. The van der Waals surface area contributed by atoms with Gasteiger partial charge in [-0.2, -0.15) is 4.98 Å². The summed E-state index contributed by atoms with van der Waals surface area (Å²) in [4.78, 5) is 31.0. The fraction of sp³-hybridized carbons (Fsp3) is 0.516. The molecule has 5 rings (SSSR count). The Bertz CT molecular complexity index is 1390. The van der Waals surface area contributed by atoms with Gasteiger partial charge in [0.15, 0.2) is 5.82 Å². The van der Waals surface area contributed by atoms with Crippen molar-refractivity contribution in [2.24, 2.45) is 5.92 Å². The lowest BCUT2D eigenvalue weighted by molar-refractivity contribution is 0.0240. The van der Waals surface area contributed by atoms with Gasteiger partial charge in [0.1, 0.15) is 17.0 Å². The number of amides is 1. The second-order valence-corrected chi connectivity index (χ2v) is 12.1. The number of nitrogens with zero attached hydrogens (tertiary/aromatic N) is 5. The second kappa shape index (κ2) is 11.9. The van der Waals surface area contributed by atoms with Crippen LogP contribution in [0.25, 0.3) is 10.9 Å². The maximum atomic E-state index is 12.6. The third-order valence-corrected chi connectivity index (χ3v) is 7.64. The van der Waals surface area contributed by atoms with E-state index in [1.165, 1.54) is 6.21 Å². The monoisotopic (exact) mass is 558 g/mol. The van der Waals surface area contributed by atoms with Gasteiger partial charge in [-0.3, -0.25) is 4.98 Å². The molecule has 1 saturated carbocycles. The van der Waals surface area contributed by atoms with Crippen LogP contribution in [0.2, 0.25) is 0 Å². The summed E-state index contributed by atoms with van der Waals surface area (Å²) < 4.78 is 5.56. The summed E-state index contributed by atoms with van der Waals surface area (Å²) in [5.74, 6) is 1.72. The van der Waals surface area contributed by atoms with Crippen LogP contribution in [0.3, 0.4) is 0 Å². The van der Waals surface area contributed by atoms with Crippen molar-refractivity contribution in [3.8, 4) is 0 Å². The van der Waals surface area contributed by atoms with Crippen LogP contribution in [0.1, 0.15) is 71.2 Å². The number of rotatable bonds is 9. The molecule has 10 heteroatoms. The summed E-state index contributed by atoms with van der Waals surface area (Å²) in [6.07, 6.45) is 6.16. The number of piperazine rings is 1. The van der Waals surface area contributed by atoms with E-state index in [1.54, 1.807) is 4.90 Å². The lowest BCUT2D eigenvalue weighted by atomic mass is 10.0. The van der Waals surface area contributed by atoms with Gasteiger partial charge in [0.2, 0.25) is 5.95 Å². The molecule has 1 aromatic carbocycles. The Kier molecular flexibility index (Phi) is 8.28. The number of carbonyl (C=O) groups is 1. The SMILES string of the molecule is CCC(C)Nc1c(C=N)nc(N2CCN(C(=O)OC(C)(C)C)CC2)nc1N[C@@H](c1cnc2ccccc2c1)C1CC1. The molecule has 3 aromatic rings. The first-order valence-electron chi connectivity index (χ1n) is 14.7. The molecule has 41 heavy (non-hydrogen) atoms. The first-order chi connectivity index (χ1) is 19.6. The van der Waals surface area contributed by atoms with Crippen molar-refractivity contribution in [2.45, 2.75) is 71.6 Å². The van der Waals surface area contributed by atoms with Crippen LogP contribution in [-0.2, 0) is 4.74 Å². The molecule has 0 spiro atoms. The minimum atomic E-state index is -0.534. The van der Waals surface area contributed by atoms with E-state index in [1.807, 2.05) is 45.2 Å². The Morgan fingerprint density at radius 1 is 1.15 bits per heavy atom. The third kappa shape index (κ3) is 6.86. The van der Waals surface area contributed by atoms with Crippen LogP contribution in [0, 0.1) is 11.3 Å². The minimum absolute atomic E-state index is 0.0370. The van der Waals surface area contributed by atoms with Crippen molar-refractivity contribution in [3.05, 3.63) is 47.8 Å². The number of fused-ring (bicyclic) bond motifs is 1. The Morgan fingerprint density at radius 2 is 1.88 bits per heavy atom. The van der Waals surface area contributed by atoms with Crippen molar-refractivity contribution in [3.63, 3.8) is 0 Å². The van der Waals surface area contributed by atoms with Crippen LogP contribution in [0.15, 0.2) is 36.5 Å². The van der Waals surface area contributed by atoms with Gasteiger partial charge < -0.3 is 30.6 Å². The normalized spacial score (nSPS) is 17.2. The number of para-hydroxylation sites is 1. The average molecular weight is 559 g/mol. The molecule has 2 fully saturated rings. The van der Waals surface area contributed by atoms with Crippen LogP contribution < -0.4 is 15.5 Å². The molecular weight excluding hydrogens is 516 g/mol. The first kappa shape index (κ1) is 28.6. The van der Waals surface area contributed by atoms with Gasteiger partial charge in [-0.25, -0.2) is 9.78 Å². The maximum absolute atomic E-state index is 12.6. The van der Waals surface area contributed by atoms with Crippen molar-refractivity contribution in [1.82, 2.24) is 19.9 Å². The number of hydrogen-bond acceptors (Lipinski definition) is 9. The Hall–Kier alpha value is -3.95. The number of ether oxygens (including phenoxy) is 1. The molecule has 2 atom stereocenters. The first-order valence-corrected chi connectivity index (χ1v) is 14.7. The highest BCUT2D eigenvalue weighted by Crippen LogP contribution is 2.44. The fourth-order valence-corrected chi connectivity index (χ4v) is 5.03. The summed E-state index contributed by atoms with van der Waals surface area (Å²) in [5.41, 5.74) is 2.85. The molecular formula is C31H42N8O2. The predicted octanol–water partition coefficient (Wildman–Crippen LogP) is 5.85. The summed E-state index contributed by atoms with van der Waals surface area (Å²) >= 11 is 0. The van der Waals surface area contributed by atoms with E-state index >= 15 is 0 Å². The van der Waals surface area contributed by atoms with Crippen molar-refractivity contribution in [2.75, 3.05) is 41.7 Å². The molecule has 3 N–H and O–H groups in total. The standard InChI is InChI=1S/C31H42N8O2/c1-6-20(2)34-27-25(18-32)35-29(38-13-15-39(16-14-38)30(40)41-31(3,4)5)37-28(27)36-26(21-11-12-21)23-17-22-9-7-8-10-24(22)33-19-23/h7-10,17-21,26,32,34H,6,11-16H2,1-5H3,(H,35,36,37)/t20?,26-/m1/s1. The van der Waals surface area contributed by atoms with Gasteiger partial charge in [-0.1, -0.05) is 25.1 Å². The molecule has 2 aromatic heterocycles. The molecule has 218 valence electrons. The van der Waals surface area contributed by atoms with E-state index in [4.69, 9.17) is 25.1 Å². The number of pyridine rings is 1. The topological polar surface area (TPSA) is 119 Å². The molecule has 1 aliphatic carbocycles. The molecule has 0 bridgehead atoms. The summed E-state index contributed by atoms with van der Waals surface area (Å²) in [7, 11) is 0.